The molecule has 94 valence electrons. The van der Waals surface area contributed by atoms with E-state index in [1.165, 1.54) is 11.1 Å². The van der Waals surface area contributed by atoms with Crippen molar-refractivity contribution in [1.82, 2.24) is 0 Å². The van der Waals surface area contributed by atoms with E-state index in [1.807, 2.05) is 6.92 Å². The predicted molar refractivity (Wildman–Crippen MR) is 77.9 cm³/mol. The zero-order chi connectivity index (χ0) is 13.0. The third kappa shape index (κ3) is 3.57. The highest BCUT2D eigenvalue weighted by Gasteiger charge is 2.13. The first-order valence-electron chi connectivity index (χ1n) is 6.33. The van der Waals surface area contributed by atoms with Gasteiger partial charge in [-0.25, -0.2) is 4.99 Å². The molecule has 0 heterocycles. The standard InChI is InChI=1S/C15H22ClN/c1-6-14(16)17-15-12(10(2)3)8-7-9-13(15)11(4)5/h7-11H,6H2,1-5H3. The van der Waals surface area contributed by atoms with Crippen LogP contribution in [0.25, 0.3) is 0 Å². The second-order valence-electron chi connectivity index (χ2n) is 4.94. The lowest BCUT2D eigenvalue weighted by Gasteiger charge is -2.16. The van der Waals surface area contributed by atoms with Crippen molar-refractivity contribution >= 4 is 22.5 Å². The van der Waals surface area contributed by atoms with E-state index >= 15 is 0 Å². The van der Waals surface area contributed by atoms with E-state index in [2.05, 4.69) is 50.9 Å². The lowest BCUT2D eigenvalue weighted by Crippen LogP contribution is -1.96. The Morgan fingerprint density at radius 2 is 1.59 bits per heavy atom. The molecule has 0 saturated heterocycles. The largest absolute Gasteiger partial charge is 0.241 e. The van der Waals surface area contributed by atoms with Crippen molar-refractivity contribution in [2.24, 2.45) is 4.99 Å². The molecule has 0 amide bonds. The molecule has 0 aromatic heterocycles. The van der Waals surface area contributed by atoms with Crippen LogP contribution in [0.15, 0.2) is 23.2 Å². The molecular formula is C15H22ClN. The zero-order valence-electron chi connectivity index (χ0n) is 11.4. The maximum atomic E-state index is 6.10. The van der Waals surface area contributed by atoms with Gasteiger partial charge in [-0.1, -0.05) is 64.4 Å². The van der Waals surface area contributed by atoms with Gasteiger partial charge in [0.05, 0.1) is 5.69 Å². The monoisotopic (exact) mass is 251 g/mol. The second-order valence-corrected chi connectivity index (χ2v) is 5.37. The normalized spacial score (nSPS) is 12.6. The van der Waals surface area contributed by atoms with Gasteiger partial charge in [0.25, 0.3) is 0 Å². The van der Waals surface area contributed by atoms with E-state index < -0.39 is 0 Å². The van der Waals surface area contributed by atoms with Crippen LogP contribution in [0, 0.1) is 0 Å². The minimum absolute atomic E-state index is 0.466. The molecular weight excluding hydrogens is 230 g/mol. The first kappa shape index (κ1) is 14.2. The molecule has 2 heteroatoms. The number of nitrogens with zero attached hydrogens (tertiary/aromatic N) is 1. The quantitative estimate of drug-likeness (QED) is 0.617. The number of halogens is 1. The van der Waals surface area contributed by atoms with E-state index in [0.29, 0.717) is 17.0 Å². The van der Waals surface area contributed by atoms with E-state index in [0.717, 1.165) is 12.1 Å². The summed E-state index contributed by atoms with van der Waals surface area (Å²) in [6, 6.07) is 6.41. The maximum absolute atomic E-state index is 6.10. The Morgan fingerprint density at radius 1 is 1.12 bits per heavy atom. The van der Waals surface area contributed by atoms with Crippen molar-refractivity contribution in [3.63, 3.8) is 0 Å². The summed E-state index contributed by atoms with van der Waals surface area (Å²) < 4.78 is 0. The van der Waals surface area contributed by atoms with E-state index in [-0.39, 0.29) is 0 Å². The number of rotatable bonds is 4. The molecule has 1 nitrogen and oxygen atoms in total. The minimum atomic E-state index is 0.466. The summed E-state index contributed by atoms with van der Waals surface area (Å²) in [4.78, 5) is 4.60. The smallest absolute Gasteiger partial charge is 0.106 e. The van der Waals surface area contributed by atoms with Crippen LogP contribution in [0.3, 0.4) is 0 Å². The topological polar surface area (TPSA) is 12.4 Å². The van der Waals surface area contributed by atoms with Crippen LogP contribution in [0.1, 0.15) is 64.0 Å². The molecule has 0 saturated carbocycles. The van der Waals surface area contributed by atoms with Gasteiger partial charge >= 0.3 is 0 Å². The lowest BCUT2D eigenvalue weighted by atomic mass is 9.93. The molecule has 0 spiro atoms. The predicted octanol–water partition coefficient (Wildman–Crippen LogP) is 5.61. The Balaban J connectivity index is 3.39. The fourth-order valence-corrected chi connectivity index (χ4v) is 1.93. The van der Waals surface area contributed by atoms with Gasteiger partial charge in [0.2, 0.25) is 0 Å². The summed E-state index contributed by atoms with van der Waals surface area (Å²) in [5, 5.41) is 0.681. The van der Waals surface area contributed by atoms with Crippen molar-refractivity contribution in [2.45, 2.75) is 52.9 Å². The van der Waals surface area contributed by atoms with Crippen molar-refractivity contribution in [3.05, 3.63) is 29.3 Å². The highest BCUT2D eigenvalue weighted by molar-refractivity contribution is 6.65. The summed E-state index contributed by atoms with van der Waals surface area (Å²) in [6.45, 7) is 10.8. The Kier molecular flexibility index (Phi) is 5.20. The maximum Gasteiger partial charge on any atom is 0.106 e. The van der Waals surface area contributed by atoms with Gasteiger partial charge in [-0.2, -0.15) is 0 Å². The van der Waals surface area contributed by atoms with Crippen molar-refractivity contribution in [2.75, 3.05) is 0 Å². The number of hydrogen-bond acceptors (Lipinski definition) is 1. The number of aliphatic imine (C=N–C) groups is 1. The summed E-state index contributed by atoms with van der Waals surface area (Å²) >= 11 is 6.10. The molecule has 0 aliphatic rings. The molecule has 17 heavy (non-hydrogen) atoms. The Bertz CT molecular complexity index is 379. The number of benzene rings is 1. The van der Waals surface area contributed by atoms with Gasteiger partial charge < -0.3 is 0 Å². The number of para-hydroxylation sites is 1. The van der Waals surface area contributed by atoms with Gasteiger partial charge in [0, 0.05) is 0 Å². The fraction of sp³-hybridized carbons (Fsp3) is 0.533. The van der Waals surface area contributed by atoms with Gasteiger partial charge in [0.15, 0.2) is 0 Å². The van der Waals surface area contributed by atoms with Crippen LogP contribution in [0.4, 0.5) is 5.69 Å². The lowest BCUT2D eigenvalue weighted by molar-refractivity contribution is 0.834. The first-order chi connectivity index (χ1) is 7.97. The summed E-state index contributed by atoms with van der Waals surface area (Å²) in [5.74, 6) is 0.933. The first-order valence-corrected chi connectivity index (χ1v) is 6.71. The van der Waals surface area contributed by atoms with E-state index in [1.54, 1.807) is 0 Å². The van der Waals surface area contributed by atoms with E-state index in [4.69, 9.17) is 11.6 Å². The molecule has 0 N–H and O–H groups in total. The summed E-state index contributed by atoms with van der Waals surface area (Å²) in [5.41, 5.74) is 3.63. The Morgan fingerprint density at radius 3 is 1.94 bits per heavy atom. The SMILES string of the molecule is CCC(Cl)=Nc1c(C(C)C)cccc1C(C)C. The number of hydrogen-bond donors (Lipinski definition) is 0. The second kappa shape index (κ2) is 6.20. The minimum Gasteiger partial charge on any atom is -0.241 e. The van der Waals surface area contributed by atoms with Gasteiger partial charge in [-0.3, -0.25) is 0 Å². The molecule has 1 aromatic rings. The van der Waals surface area contributed by atoms with E-state index in [9.17, 15) is 0 Å². The van der Waals surface area contributed by atoms with Crippen molar-refractivity contribution < 1.29 is 0 Å². The molecule has 0 unspecified atom stereocenters. The highest BCUT2D eigenvalue weighted by atomic mass is 35.5. The molecule has 0 atom stereocenters. The van der Waals surface area contributed by atoms with Gasteiger partial charge in [-0.15, -0.1) is 0 Å². The average Bonchev–Trinajstić information content (AvgIpc) is 2.28. The molecule has 0 fully saturated rings. The summed E-state index contributed by atoms with van der Waals surface area (Å²) in [7, 11) is 0. The third-order valence-corrected chi connectivity index (χ3v) is 3.22. The Labute approximate surface area is 110 Å². The Hall–Kier alpha value is -0.820. The molecule has 1 aromatic carbocycles. The van der Waals surface area contributed by atoms with Gasteiger partial charge in [-0.05, 0) is 29.4 Å². The van der Waals surface area contributed by atoms with Crippen LogP contribution >= 0.6 is 11.6 Å². The van der Waals surface area contributed by atoms with Crippen molar-refractivity contribution in [3.8, 4) is 0 Å². The highest BCUT2D eigenvalue weighted by Crippen LogP contribution is 2.35. The van der Waals surface area contributed by atoms with Crippen LogP contribution < -0.4 is 0 Å². The van der Waals surface area contributed by atoms with Crippen LogP contribution in [-0.4, -0.2) is 5.17 Å². The molecule has 1 rings (SSSR count). The third-order valence-electron chi connectivity index (χ3n) is 2.87. The molecule has 0 radical (unpaired) electrons. The van der Waals surface area contributed by atoms with Crippen molar-refractivity contribution in [1.29, 1.82) is 0 Å². The van der Waals surface area contributed by atoms with Crippen LogP contribution in [0.5, 0.6) is 0 Å². The molecule has 0 bridgehead atoms. The zero-order valence-corrected chi connectivity index (χ0v) is 12.2. The summed E-state index contributed by atoms with van der Waals surface area (Å²) in [6.07, 6.45) is 0.783. The average molecular weight is 252 g/mol. The fourth-order valence-electron chi connectivity index (χ4n) is 1.84. The van der Waals surface area contributed by atoms with Gasteiger partial charge in [0.1, 0.15) is 5.17 Å². The molecule has 0 aliphatic heterocycles. The molecule has 0 aliphatic carbocycles. The van der Waals surface area contributed by atoms with Crippen LogP contribution in [0.2, 0.25) is 0 Å². The van der Waals surface area contributed by atoms with Crippen LogP contribution in [-0.2, 0) is 0 Å².